The molecule has 2 unspecified atom stereocenters. The molecular formula is C13H16ClNO4S. The molecule has 1 aliphatic rings. The molecule has 1 saturated heterocycles. The third kappa shape index (κ3) is 2.97. The number of benzene rings is 1. The number of hydrogen-bond donors (Lipinski definition) is 0. The van der Waals surface area contributed by atoms with Crippen molar-refractivity contribution in [1.29, 1.82) is 0 Å². The van der Waals surface area contributed by atoms with Crippen LogP contribution in [0, 0.1) is 0 Å². The lowest BCUT2D eigenvalue weighted by Crippen LogP contribution is -2.41. The van der Waals surface area contributed by atoms with Crippen LogP contribution in [0.4, 0.5) is 0 Å². The molecule has 1 amide bonds. The number of hydrogen-bond acceptors (Lipinski definition) is 4. The van der Waals surface area contributed by atoms with Crippen LogP contribution in [0.1, 0.15) is 23.7 Å². The highest BCUT2D eigenvalue weighted by atomic mass is 35.7. The van der Waals surface area contributed by atoms with E-state index in [4.69, 9.17) is 15.4 Å². The summed E-state index contributed by atoms with van der Waals surface area (Å²) in [6.07, 6.45) is 0.669. The highest BCUT2D eigenvalue weighted by molar-refractivity contribution is 8.13. The minimum Gasteiger partial charge on any atom is -0.376 e. The number of amides is 1. The average Bonchev–Trinajstić information content (AvgIpc) is 2.82. The van der Waals surface area contributed by atoms with E-state index in [1.165, 1.54) is 23.1 Å². The molecule has 1 heterocycles. The summed E-state index contributed by atoms with van der Waals surface area (Å²) in [6.45, 7) is 2.49. The van der Waals surface area contributed by atoms with Gasteiger partial charge in [-0.15, -0.1) is 0 Å². The smallest absolute Gasteiger partial charge is 0.262 e. The second-order valence-corrected chi connectivity index (χ2v) is 7.32. The Bertz CT molecular complexity index is 617. The molecule has 1 aromatic carbocycles. The van der Waals surface area contributed by atoms with Crippen LogP contribution in [-0.2, 0) is 13.8 Å². The van der Waals surface area contributed by atoms with Crippen LogP contribution in [0.2, 0.25) is 0 Å². The summed E-state index contributed by atoms with van der Waals surface area (Å²) in [5.41, 5.74) is 0.0871. The maximum Gasteiger partial charge on any atom is 0.262 e. The SMILES string of the molecule is CC1OCCC1N(C)C(=O)c1ccccc1S(=O)(=O)Cl. The fourth-order valence-electron chi connectivity index (χ4n) is 2.43. The van der Waals surface area contributed by atoms with Crippen molar-refractivity contribution in [2.75, 3.05) is 13.7 Å². The van der Waals surface area contributed by atoms with E-state index in [1.54, 1.807) is 13.1 Å². The van der Waals surface area contributed by atoms with Crippen molar-refractivity contribution in [3.63, 3.8) is 0 Å². The molecule has 0 radical (unpaired) electrons. The Balaban J connectivity index is 2.34. The minimum atomic E-state index is -3.96. The summed E-state index contributed by atoms with van der Waals surface area (Å²) in [5, 5.41) is 0. The molecule has 110 valence electrons. The Morgan fingerprint density at radius 2 is 2.05 bits per heavy atom. The fourth-order valence-corrected chi connectivity index (χ4v) is 3.49. The summed E-state index contributed by atoms with van der Waals surface area (Å²) in [5.74, 6) is -0.368. The lowest BCUT2D eigenvalue weighted by atomic mass is 10.1. The number of halogens is 1. The third-order valence-electron chi connectivity index (χ3n) is 3.53. The molecule has 2 rings (SSSR count). The highest BCUT2D eigenvalue weighted by Gasteiger charge is 2.32. The van der Waals surface area contributed by atoms with E-state index in [2.05, 4.69) is 0 Å². The first-order valence-corrected chi connectivity index (χ1v) is 8.55. The predicted molar refractivity (Wildman–Crippen MR) is 75.4 cm³/mol. The van der Waals surface area contributed by atoms with E-state index < -0.39 is 9.05 Å². The molecule has 20 heavy (non-hydrogen) atoms. The number of carbonyl (C=O) groups excluding carboxylic acids is 1. The summed E-state index contributed by atoms with van der Waals surface area (Å²) in [7, 11) is 3.07. The summed E-state index contributed by atoms with van der Waals surface area (Å²) >= 11 is 0. The van der Waals surface area contributed by atoms with Crippen molar-refractivity contribution >= 4 is 25.6 Å². The number of likely N-dealkylation sites (N-methyl/N-ethyl adjacent to an activating group) is 1. The Morgan fingerprint density at radius 1 is 1.40 bits per heavy atom. The van der Waals surface area contributed by atoms with Crippen LogP contribution in [-0.4, -0.2) is 45.0 Å². The number of carbonyl (C=O) groups is 1. The summed E-state index contributed by atoms with van der Waals surface area (Å²) in [6, 6.07) is 5.88. The van der Waals surface area contributed by atoms with Gasteiger partial charge in [0.15, 0.2) is 0 Å². The molecular weight excluding hydrogens is 302 g/mol. The molecule has 1 aromatic rings. The molecule has 7 heteroatoms. The molecule has 0 bridgehead atoms. The maximum absolute atomic E-state index is 12.5. The Labute approximate surface area is 122 Å². The predicted octanol–water partition coefficient (Wildman–Crippen LogP) is 1.86. The van der Waals surface area contributed by atoms with Crippen molar-refractivity contribution in [3.05, 3.63) is 29.8 Å². The van der Waals surface area contributed by atoms with Gasteiger partial charge in [-0.05, 0) is 25.5 Å². The van der Waals surface area contributed by atoms with Crippen molar-refractivity contribution in [2.24, 2.45) is 0 Å². The Morgan fingerprint density at radius 3 is 2.60 bits per heavy atom. The van der Waals surface area contributed by atoms with Gasteiger partial charge in [-0.2, -0.15) is 0 Å². The average molecular weight is 318 g/mol. The molecule has 5 nitrogen and oxygen atoms in total. The van der Waals surface area contributed by atoms with Crippen molar-refractivity contribution in [1.82, 2.24) is 4.90 Å². The van der Waals surface area contributed by atoms with Crippen LogP contribution in [0.5, 0.6) is 0 Å². The number of nitrogens with zero attached hydrogens (tertiary/aromatic N) is 1. The number of rotatable bonds is 3. The van der Waals surface area contributed by atoms with Gasteiger partial charge in [0.1, 0.15) is 0 Å². The van der Waals surface area contributed by atoms with Gasteiger partial charge in [0.05, 0.1) is 22.6 Å². The normalized spacial score (nSPS) is 22.8. The van der Waals surface area contributed by atoms with Crippen LogP contribution in [0.3, 0.4) is 0 Å². The Hall–Kier alpha value is -1.11. The van der Waals surface area contributed by atoms with Gasteiger partial charge in [-0.25, -0.2) is 8.42 Å². The largest absolute Gasteiger partial charge is 0.376 e. The second-order valence-electron chi connectivity index (χ2n) is 4.78. The molecule has 0 N–H and O–H groups in total. The van der Waals surface area contributed by atoms with Crippen molar-refractivity contribution in [2.45, 2.75) is 30.4 Å². The van der Waals surface area contributed by atoms with Gasteiger partial charge >= 0.3 is 0 Å². The first kappa shape index (κ1) is 15.3. The molecule has 2 atom stereocenters. The zero-order chi connectivity index (χ0) is 14.9. The van der Waals surface area contributed by atoms with Crippen LogP contribution < -0.4 is 0 Å². The lowest BCUT2D eigenvalue weighted by Gasteiger charge is -2.27. The van der Waals surface area contributed by atoms with Crippen LogP contribution >= 0.6 is 10.7 Å². The van der Waals surface area contributed by atoms with E-state index in [1.807, 2.05) is 6.92 Å². The summed E-state index contributed by atoms with van der Waals surface area (Å²) < 4.78 is 28.5. The topological polar surface area (TPSA) is 63.7 Å². The molecule has 1 fully saturated rings. The van der Waals surface area contributed by atoms with E-state index in [0.717, 1.165) is 6.42 Å². The second kappa shape index (κ2) is 5.71. The first-order chi connectivity index (χ1) is 9.32. The van der Waals surface area contributed by atoms with Gasteiger partial charge in [-0.1, -0.05) is 12.1 Å². The third-order valence-corrected chi connectivity index (χ3v) is 4.91. The Kier molecular flexibility index (Phi) is 4.36. The van der Waals surface area contributed by atoms with Crippen LogP contribution in [0.25, 0.3) is 0 Å². The van der Waals surface area contributed by atoms with Gasteiger partial charge in [-0.3, -0.25) is 4.79 Å². The van der Waals surface area contributed by atoms with Crippen molar-refractivity contribution < 1.29 is 17.9 Å². The molecule has 0 aromatic heterocycles. The zero-order valence-electron chi connectivity index (χ0n) is 11.2. The van der Waals surface area contributed by atoms with Crippen molar-refractivity contribution in [3.8, 4) is 0 Å². The van der Waals surface area contributed by atoms with Gasteiger partial charge in [0, 0.05) is 24.3 Å². The molecule has 1 aliphatic heterocycles. The van der Waals surface area contributed by atoms with E-state index in [-0.39, 0.29) is 28.5 Å². The summed E-state index contributed by atoms with van der Waals surface area (Å²) in [4.78, 5) is 13.9. The lowest BCUT2D eigenvalue weighted by molar-refractivity contribution is 0.0571. The van der Waals surface area contributed by atoms with Gasteiger partial charge < -0.3 is 9.64 Å². The van der Waals surface area contributed by atoms with Gasteiger partial charge in [0.25, 0.3) is 15.0 Å². The van der Waals surface area contributed by atoms with Crippen LogP contribution in [0.15, 0.2) is 29.2 Å². The van der Waals surface area contributed by atoms with E-state index in [0.29, 0.717) is 6.61 Å². The molecule has 0 spiro atoms. The fraction of sp³-hybridized carbons (Fsp3) is 0.462. The minimum absolute atomic E-state index is 0.0615. The quantitative estimate of drug-likeness (QED) is 0.798. The molecule has 0 aliphatic carbocycles. The monoisotopic (exact) mass is 317 g/mol. The standard InChI is InChI=1S/C13H16ClNO4S/c1-9-11(7-8-19-9)15(2)13(16)10-5-3-4-6-12(10)20(14,17)18/h3-6,9,11H,7-8H2,1-2H3. The molecule has 0 saturated carbocycles. The maximum atomic E-state index is 12.5. The number of ether oxygens (including phenoxy) is 1. The van der Waals surface area contributed by atoms with E-state index in [9.17, 15) is 13.2 Å². The van der Waals surface area contributed by atoms with Gasteiger partial charge in [0.2, 0.25) is 0 Å². The highest BCUT2D eigenvalue weighted by Crippen LogP contribution is 2.24. The van der Waals surface area contributed by atoms with E-state index >= 15 is 0 Å². The zero-order valence-corrected chi connectivity index (χ0v) is 12.8. The first-order valence-electron chi connectivity index (χ1n) is 6.25.